The van der Waals surface area contributed by atoms with Gasteiger partial charge in [-0.05, 0) is 48.6 Å². The molecule has 1 fully saturated rings. The number of carbonyl (C=O) groups is 2. The minimum atomic E-state index is -1.15. The quantitative estimate of drug-likeness (QED) is 0.908. The Labute approximate surface area is 132 Å². The summed E-state index contributed by atoms with van der Waals surface area (Å²) in [6.07, 6.45) is 2.60. The van der Waals surface area contributed by atoms with E-state index in [-0.39, 0.29) is 5.91 Å². The smallest absolute Gasteiger partial charge is 0.329 e. The van der Waals surface area contributed by atoms with Crippen molar-refractivity contribution in [1.29, 1.82) is 0 Å². The summed E-state index contributed by atoms with van der Waals surface area (Å²) in [7, 11) is 0. The predicted octanol–water partition coefficient (Wildman–Crippen LogP) is 2.32. The first-order valence-corrected chi connectivity index (χ1v) is 8.25. The Morgan fingerprint density at radius 2 is 2.00 bits per heavy atom. The van der Waals surface area contributed by atoms with Gasteiger partial charge in [-0.15, -0.1) is 0 Å². The number of fused-ring (bicyclic) bond motifs is 1. The van der Waals surface area contributed by atoms with Crippen molar-refractivity contribution in [3.63, 3.8) is 0 Å². The second-order valence-electron chi connectivity index (χ2n) is 5.36. The number of amides is 1. The molecule has 3 rings (SSSR count). The highest BCUT2D eigenvalue weighted by molar-refractivity contribution is 7.99. The highest BCUT2D eigenvalue weighted by Gasteiger charge is 2.41. The molecule has 22 heavy (non-hydrogen) atoms. The van der Waals surface area contributed by atoms with Crippen LogP contribution in [0.4, 0.5) is 0 Å². The largest absolute Gasteiger partial charge is 0.480 e. The van der Waals surface area contributed by atoms with E-state index in [4.69, 9.17) is 0 Å². The second-order valence-corrected chi connectivity index (χ2v) is 6.59. The fraction of sp³-hybridized carbons (Fsp3) is 0.312. The molecule has 1 aliphatic rings. The Morgan fingerprint density at radius 1 is 1.23 bits per heavy atom. The zero-order valence-electron chi connectivity index (χ0n) is 11.9. The van der Waals surface area contributed by atoms with Crippen molar-refractivity contribution in [2.24, 2.45) is 0 Å². The highest BCUT2D eigenvalue weighted by Crippen LogP contribution is 2.28. The number of pyridine rings is 1. The molecular formula is C16H16N2O3S. The first kappa shape index (κ1) is 14.8. The lowest BCUT2D eigenvalue weighted by Crippen LogP contribution is -2.56. The molecule has 0 atom stereocenters. The Balaban J connectivity index is 1.86. The average Bonchev–Trinajstić information content (AvgIpc) is 2.55. The van der Waals surface area contributed by atoms with Gasteiger partial charge in [0, 0.05) is 17.1 Å². The van der Waals surface area contributed by atoms with Crippen LogP contribution in [0.5, 0.6) is 0 Å². The fourth-order valence-corrected chi connectivity index (χ4v) is 3.81. The highest BCUT2D eigenvalue weighted by atomic mass is 32.2. The lowest BCUT2D eigenvalue weighted by Gasteiger charge is -2.33. The first-order valence-electron chi connectivity index (χ1n) is 7.09. The minimum absolute atomic E-state index is 0.347. The Bertz CT molecular complexity index is 726. The molecule has 0 aliphatic carbocycles. The summed E-state index contributed by atoms with van der Waals surface area (Å²) in [6.45, 7) is 0. The van der Waals surface area contributed by atoms with Gasteiger partial charge in [0.25, 0.3) is 5.91 Å². The van der Waals surface area contributed by atoms with Gasteiger partial charge in [-0.25, -0.2) is 4.79 Å². The van der Waals surface area contributed by atoms with E-state index in [1.165, 1.54) is 0 Å². The van der Waals surface area contributed by atoms with E-state index in [0.29, 0.717) is 18.4 Å². The number of aromatic nitrogens is 1. The molecule has 0 spiro atoms. The Hall–Kier alpha value is -2.08. The van der Waals surface area contributed by atoms with Gasteiger partial charge >= 0.3 is 5.97 Å². The molecule has 0 bridgehead atoms. The van der Waals surface area contributed by atoms with Gasteiger partial charge in [-0.2, -0.15) is 11.8 Å². The average molecular weight is 316 g/mol. The Morgan fingerprint density at radius 3 is 2.73 bits per heavy atom. The molecule has 2 heterocycles. The van der Waals surface area contributed by atoms with Crippen LogP contribution in [0.15, 0.2) is 36.5 Å². The molecule has 1 amide bonds. The number of hydrogen-bond acceptors (Lipinski definition) is 4. The molecule has 0 saturated carbocycles. The molecule has 114 valence electrons. The van der Waals surface area contributed by atoms with Crippen LogP contribution in [0.3, 0.4) is 0 Å². The SMILES string of the molecule is O=C(NC1(C(=O)O)CCSCC1)c1ccc2ncccc2c1. The van der Waals surface area contributed by atoms with Gasteiger partial charge in [0.05, 0.1) is 5.52 Å². The van der Waals surface area contributed by atoms with Crippen LogP contribution < -0.4 is 5.32 Å². The summed E-state index contributed by atoms with van der Waals surface area (Å²) in [5, 5.41) is 13.1. The van der Waals surface area contributed by atoms with E-state index in [9.17, 15) is 14.7 Å². The molecule has 5 nitrogen and oxygen atoms in total. The maximum absolute atomic E-state index is 12.5. The monoisotopic (exact) mass is 316 g/mol. The van der Waals surface area contributed by atoms with E-state index >= 15 is 0 Å². The summed E-state index contributed by atoms with van der Waals surface area (Å²) in [5.74, 6) is 0.186. The molecule has 1 saturated heterocycles. The van der Waals surface area contributed by atoms with E-state index in [0.717, 1.165) is 22.4 Å². The number of carboxylic acids is 1. The van der Waals surface area contributed by atoms with E-state index < -0.39 is 11.5 Å². The standard InChI is InChI=1S/C16H16N2O3S/c19-14(18-16(15(20)21)5-8-22-9-6-16)12-3-4-13-11(10-12)2-1-7-17-13/h1-4,7,10H,5-6,8-9H2,(H,18,19)(H,20,21). The number of hydrogen-bond donors (Lipinski definition) is 2. The number of nitrogens with zero attached hydrogens (tertiary/aromatic N) is 1. The molecule has 0 radical (unpaired) electrons. The second kappa shape index (κ2) is 5.96. The van der Waals surface area contributed by atoms with Gasteiger partial charge in [-0.1, -0.05) is 6.07 Å². The van der Waals surface area contributed by atoms with Crippen LogP contribution in [-0.2, 0) is 4.79 Å². The van der Waals surface area contributed by atoms with Gasteiger partial charge in [0.1, 0.15) is 5.54 Å². The molecule has 1 aromatic carbocycles. The lowest BCUT2D eigenvalue weighted by molar-refractivity contribution is -0.144. The summed E-state index contributed by atoms with van der Waals surface area (Å²) < 4.78 is 0. The molecular weight excluding hydrogens is 300 g/mol. The minimum Gasteiger partial charge on any atom is -0.480 e. The molecule has 0 unspecified atom stereocenters. The summed E-state index contributed by atoms with van der Waals surface area (Å²) in [6, 6.07) is 8.88. The number of thioether (sulfide) groups is 1. The number of aliphatic carboxylic acids is 1. The van der Waals surface area contributed by atoms with Crippen molar-refractivity contribution in [3.05, 3.63) is 42.1 Å². The van der Waals surface area contributed by atoms with Crippen LogP contribution >= 0.6 is 11.8 Å². The predicted molar refractivity (Wildman–Crippen MR) is 86.1 cm³/mol. The molecule has 6 heteroatoms. The van der Waals surface area contributed by atoms with Crippen molar-refractivity contribution in [3.8, 4) is 0 Å². The molecule has 2 aromatic rings. The fourth-order valence-electron chi connectivity index (χ4n) is 2.62. The van der Waals surface area contributed by atoms with Crippen molar-refractivity contribution in [2.45, 2.75) is 18.4 Å². The first-order chi connectivity index (χ1) is 10.6. The van der Waals surface area contributed by atoms with Crippen molar-refractivity contribution in [2.75, 3.05) is 11.5 Å². The third-order valence-corrected chi connectivity index (χ3v) is 4.96. The molecule has 1 aromatic heterocycles. The molecule has 2 N–H and O–H groups in total. The van der Waals surface area contributed by atoms with E-state index in [2.05, 4.69) is 10.3 Å². The zero-order valence-corrected chi connectivity index (χ0v) is 12.7. The van der Waals surface area contributed by atoms with E-state index in [1.54, 1.807) is 42.2 Å². The van der Waals surface area contributed by atoms with Crippen LogP contribution in [0.1, 0.15) is 23.2 Å². The number of carboxylic acid groups (broad SMARTS) is 1. The zero-order chi connectivity index (χ0) is 15.6. The van der Waals surface area contributed by atoms with Gasteiger partial charge in [-0.3, -0.25) is 9.78 Å². The van der Waals surface area contributed by atoms with Crippen LogP contribution in [0, 0.1) is 0 Å². The number of benzene rings is 1. The van der Waals surface area contributed by atoms with Crippen molar-refractivity contribution < 1.29 is 14.7 Å². The van der Waals surface area contributed by atoms with Crippen LogP contribution in [0.25, 0.3) is 10.9 Å². The van der Waals surface area contributed by atoms with E-state index in [1.807, 2.05) is 6.07 Å². The summed E-state index contributed by atoms with van der Waals surface area (Å²) in [5.41, 5.74) is 0.118. The van der Waals surface area contributed by atoms with Gasteiger partial charge in [0.2, 0.25) is 0 Å². The number of carbonyl (C=O) groups excluding carboxylic acids is 1. The Kier molecular flexibility index (Phi) is 4.02. The maximum atomic E-state index is 12.5. The summed E-state index contributed by atoms with van der Waals surface area (Å²) in [4.78, 5) is 28.3. The van der Waals surface area contributed by atoms with Crippen LogP contribution in [-0.4, -0.2) is 39.0 Å². The number of nitrogens with one attached hydrogen (secondary N) is 1. The van der Waals surface area contributed by atoms with Crippen molar-refractivity contribution >= 4 is 34.5 Å². The normalized spacial score (nSPS) is 17.1. The summed E-state index contributed by atoms with van der Waals surface area (Å²) >= 11 is 1.72. The van der Waals surface area contributed by atoms with Crippen LogP contribution in [0.2, 0.25) is 0 Å². The van der Waals surface area contributed by atoms with Gasteiger partial charge in [0.15, 0.2) is 0 Å². The third kappa shape index (κ3) is 2.78. The molecule has 1 aliphatic heterocycles. The van der Waals surface area contributed by atoms with Gasteiger partial charge < -0.3 is 10.4 Å². The third-order valence-electron chi connectivity index (χ3n) is 3.97. The lowest BCUT2D eigenvalue weighted by atomic mass is 9.91. The maximum Gasteiger partial charge on any atom is 0.329 e. The van der Waals surface area contributed by atoms with Crippen molar-refractivity contribution in [1.82, 2.24) is 10.3 Å². The number of rotatable bonds is 3. The topological polar surface area (TPSA) is 79.3 Å².